The first-order valence-electron chi connectivity index (χ1n) is 6.65. The van der Waals surface area contributed by atoms with Crippen LogP contribution in [0.2, 0.25) is 0 Å². The minimum absolute atomic E-state index is 0.233. The average Bonchev–Trinajstić information content (AvgIpc) is 2.92. The highest BCUT2D eigenvalue weighted by molar-refractivity contribution is 5.86. The molecule has 1 aromatic carbocycles. The van der Waals surface area contributed by atoms with Crippen LogP contribution < -0.4 is 10.6 Å². The number of hydrogen-bond acceptors (Lipinski definition) is 5. The van der Waals surface area contributed by atoms with E-state index in [4.69, 9.17) is 0 Å². The van der Waals surface area contributed by atoms with E-state index in [1.165, 1.54) is 6.07 Å². The predicted molar refractivity (Wildman–Crippen MR) is 80.3 cm³/mol. The fourth-order valence-electron chi connectivity index (χ4n) is 2.02. The molecule has 3 aromatic rings. The number of rotatable bonds is 4. The molecule has 0 fully saturated rings. The van der Waals surface area contributed by atoms with Gasteiger partial charge in [0, 0.05) is 12.2 Å². The quantitative estimate of drug-likeness (QED) is 0.687. The maximum Gasteiger partial charge on any atom is 0.226 e. The molecule has 7 heteroatoms. The van der Waals surface area contributed by atoms with Crippen molar-refractivity contribution in [2.75, 3.05) is 17.2 Å². The molecule has 0 radical (unpaired) electrons. The molecule has 6 nitrogen and oxygen atoms in total. The van der Waals surface area contributed by atoms with Crippen LogP contribution in [0.25, 0.3) is 11.2 Å². The highest BCUT2D eigenvalue weighted by Gasteiger charge is 2.10. The molecule has 3 N–H and O–H groups in total. The van der Waals surface area contributed by atoms with Gasteiger partial charge in [-0.1, -0.05) is 0 Å². The monoisotopic (exact) mass is 286 g/mol. The fraction of sp³-hybridized carbons (Fsp3) is 0.214. The Morgan fingerprint density at radius 2 is 2.14 bits per heavy atom. The van der Waals surface area contributed by atoms with E-state index in [-0.39, 0.29) is 5.82 Å². The van der Waals surface area contributed by atoms with Gasteiger partial charge in [-0.15, -0.1) is 0 Å². The van der Waals surface area contributed by atoms with E-state index in [0.29, 0.717) is 35.0 Å². The number of aryl methyl sites for hydroxylation is 1. The Balaban J connectivity index is 2.01. The van der Waals surface area contributed by atoms with E-state index in [0.717, 1.165) is 5.69 Å². The summed E-state index contributed by atoms with van der Waals surface area (Å²) in [6.45, 7) is 4.40. The number of H-pyrrole nitrogens is 1. The SMILES string of the molecule is CCNc1nc(Nc2ccc(F)c(C)c2)c2[nH]cnc2n1. The second kappa shape index (κ2) is 5.35. The summed E-state index contributed by atoms with van der Waals surface area (Å²) in [6.07, 6.45) is 1.57. The number of hydrogen-bond donors (Lipinski definition) is 3. The van der Waals surface area contributed by atoms with Crippen molar-refractivity contribution in [2.24, 2.45) is 0 Å². The second-order valence-corrected chi connectivity index (χ2v) is 4.62. The van der Waals surface area contributed by atoms with Crippen LogP contribution in [0.1, 0.15) is 12.5 Å². The number of benzene rings is 1. The summed E-state index contributed by atoms with van der Waals surface area (Å²) in [6, 6.07) is 4.82. The summed E-state index contributed by atoms with van der Waals surface area (Å²) in [5.41, 5.74) is 2.61. The van der Waals surface area contributed by atoms with Gasteiger partial charge in [0.15, 0.2) is 11.5 Å². The van der Waals surface area contributed by atoms with Gasteiger partial charge in [0.25, 0.3) is 0 Å². The largest absolute Gasteiger partial charge is 0.354 e. The van der Waals surface area contributed by atoms with E-state index in [2.05, 4.69) is 30.6 Å². The third-order valence-corrected chi connectivity index (χ3v) is 3.04. The van der Waals surface area contributed by atoms with Gasteiger partial charge in [-0.05, 0) is 37.6 Å². The number of anilines is 3. The van der Waals surface area contributed by atoms with Crippen LogP contribution in [0.15, 0.2) is 24.5 Å². The van der Waals surface area contributed by atoms with Gasteiger partial charge >= 0.3 is 0 Å². The van der Waals surface area contributed by atoms with Crippen molar-refractivity contribution in [1.29, 1.82) is 0 Å². The Morgan fingerprint density at radius 3 is 2.90 bits per heavy atom. The average molecular weight is 286 g/mol. The van der Waals surface area contributed by atoms with Gasteiger partial charge < -0.3 is 15.6 Å². The summed E-state index contributed by atoms with van der Waals surface area (Å²) in [5.74, 6) is 0.862. The molecule has 0 bridgehead atoms. The number of halogens is 1. The van der Waals surface area contributed by atoms with E-state index in [9.17, 15) is 4.39 Å². The number of aromatic nitrogens is 4. The van der Waals surface area contributed by atoms with Gasteiger partial charge in [-0.3, -0.25) is 0 Å². The zero-order chi connectivity index (χ0) is 14.8. The lowest BCUT2D eigenvalue weighted by molar-refractivity contribution is 0.619. The molecule has 0 atom stereocenters. The molecule has 0 aliphatic rings. The van der Waals surface area contributed by atoms with Crippen molar-refractivity contribution in [1.82, 2.24) is 19.9 Å². The van der Waals surface area contributed by atoms with Crippen LogP contribution in [0.4, 0.5) is 21.8 Å². The molecule has 0 unspecified atom stereocenters. The number of nitrogens with one attached hydrogen (secondary N) is 3. The summed E-state index contributed by atoms with van der Waals surface area (Å²) in [5, 5.41) is 6.23. The summed E-state index contributed by atoms with van der Waals surface area (Å²) in [7, 11) is 0. The maximum atomic E-state index is 13.3. The first kappa shape index (κ1) is 13.3. The van der Waals surface area contributed by atoms with Gasteiger partial charge in [-0.2, -0.15) is 9.97 Å². The molecule has 2 aromatic heterocycles. The normalized spacial score (nSPS) is 10.8. The summed E-state index contributed by atoms with van der Waals surface area (Å²) >= 11 is 0. The van der Waals surface area contributed by atoms with Gasteiger partial charge in [-0.25, -0.2) is 9.37 Å². The molecule has 0 spiro atoms. The Morgan fingerprint density at radius 1 is 1.29 bits per heavy atom. The third-order valence-electron chi connectivity index (χ3n) is 3.04. The number of nitrogens with zero attached hydrogens (tertiary/aromatic N) is 3. The lowest BCUT2D eigenvalue weighted by Gasteiger charge is -2.09. The van der Waals surface area contributed by atoms with Crippen molar-refractivity contribution in [3.63, 3.8) is 0 Å². The zero-order valence-corrected chi connectivity index (χ0v) is 11.7. The predicted octanol–water partition coefficient (Wildman–Crippen LogP) is 2.98. The Bertz CT molecular complexity index is 782. The zero-order valence-electron chi connectivity index (χ0n) is 11.7. The molecular formula is C14H15FN6. The van der Waals surface area contributed by atoms with Crippen molar-refractivity contribution in [2.45, 2.75) is 13.8 Å². The Labute approximate surface area is 120 Å². The summed E-state index contributed by atoms with van der Waals surface area (Å²) < 4.78 is 13.3. The number of imidazole rings is 1. The van der Waals surface area contributed by atoms with Gasteiger partial charge in [0.2, 0.25) is 5.95 Å². The molecule has 0 aliphatic carbocycles. The van der Waals surface area contributed by atoms with Crippen LogP contribution in [-0.2, 0) is 0 Å². The summed E-state index contributed by atoms with van der Waals surface area (Å²) in [4.78, 5) is 15.9. The first-order valence-corrected chi connectivity index (χ1v) is 6.65. The molecule has 0 saturated heterocycles. The van der Waals surface area contributed by atoms with Crippen LogP contribution in [0, 0.1) is 12.7 Å². The third kappa shape index (κ3) is 2.62. The lowest BCUT2D eigenvalue weighted by atomic mass is 10.2. The second-order valence-electron chi connectivity index (χ2n) is 4.62. The molecule has 108 valence electrons. The Hall–Kier alpha value is -2.70. The van der Waals surface area contributed by atoms with Crippen LogP contribution in [0.3, 0.4) is 0 Å². The van der Waals surface area contributed by atoms with E-state index in [1.807, 2.05) is 6.92 Å². The van der Waals surface area contributed by atoms with Crippen molar-refractivity contribution < 1.29 is 4.39 Å². The minimum atomic E-state index is -0.233. The molecule has 0 amide bonds. The van der Waals surface area contributed by atoms with E-state index in [1.54, 1.807) is 25.4 Å². The lowest BCUT2D eigenvalue weighted by Crippen LogP contribution is -2.05. The molecule has 2 heterocycles. The highest BCUT2D eigenvalue weighted by Crippen LogP contribution is 2.23. The van der Waals surface area contributed by atoms with E-state index < -0.39 is 0 Å². The van der Waals surface area contributed by atoms with Crippen LogP contribution >= 0.6 is 0 Å². The molecule has 3 rings (SSSR count). The Kier molecular flexibility index (Phi) is 3.39. The number of fused-ring (bicyclic) bond motifs is 1. The molecule has 0 saturated carbocycles. The highest BCUT2D eigenvalue weighted by atomic mass is 19.1. The standard InChI is InChI=1S/C14H15FN6/c1-3-16-14-20-12-11(17-7-18-12)13(21-14)19-9-4-5-10(15)8(2)6-9/h4-7H,3H2,1-2H3,(H3,16,17,18,19,20,21). The van der Waals surface area contributed by atoms with Crippen molar-refractivity contribution >= 4 is 28.6 Å². The smallest absolute Gasteiger partial charge is 0.226 e. The van der Waals surface area contributed by atoms with Gasteiger partial charge in [0.05, 0.1) is 6.33 Å². The van der Waals surface area contributed by atoms with Crippen LogP contribution in [0.5, 0.6) is 0 Å². The number of aromatic amines is 1. The first-order chi connectivity index (χ1) is 10.2. The molecule has 21 heavy (non-hydrogen) atoms. The minimum Gasteiger partial charge on any atom is -0.354 e. The van der Waals surface area contributed by atoms with E-state index >= 15 is 0 Å². The molecule has 0 aliphatic heterocycles. The topological polar surface area (TPSA) is 78.5 Å². The van der Waals surface area contributed by atoms with Gasteiger partial charge in [0.1, 0.15) is 11.3 Å². The fourth-order valence-corrected chi connectivity index (χ4v) is 2.02. The van der Waals surface area contributed by atoms with Crippen molar-refractivity contribution in [3.05, 3.63) is 35.9 Å². The van der Waals surface area contributed by atoms with Crippen LogP contribution in [-0.4, -0.2) is 26.5 Å². The van der Waals surface area contributed by atoms with Crippen molar-refractivity contribution in [3.8, 4) is 0 Å². The maximum absolute atomic E-state index is 13.3. The molecular weight excluding hydrogens is 271 g/mol.